The van der Waals surface area contributed by atoms with E-state index >= 15 is 0 Å². The molecule has 0 fully saturated rings. The number of anilines is 1. The second kappa shape index (κ2) is 10.3. The first-order chi connectivity index (χ1) is 16.6. The zero-order chi connectivity index (χ0) is 25.3. The van der Waals surface area contributed by atoms with Gasteiger partial charge in [-0.1, -0.05) is 29.3 Å². The molecule has 2 heterocycles. The van der Waals surface area contributed by atoms with Crippen molar-refractivity contribution >= 4 is 50.9 Å². The summed E-state index contributed by atoms with van der Waals surface area (Å²) in [4.78, 5) is 12.5. The Morgan fingerprint density at radius 2 is 1.77 bits per heavy atom. The Bertz CT molecular complexity index is 1400. The fourth-order valence-electron chi connectivity index (χ4n) is 2.96. The number of carbonyl (C=O) groups is 1. The number of amides is 1. The quantitative estimate of drug-likeness (QED) is 0.186. The van der Waals surface area contributed by atoms with Gasteiger partial charge in [0, 0.05) is 12.3 Å². The van der Waals surface area contributed by atoms with Crippen LogP contribution >= 0.6 is 39.1 Å². The van der Waals surface area contributed by atoms with E-state index in [0.29, 0.717) is 21.1 Å². The first kappa shape index (κ1) is 25.1. The molecule has 0 saturated carbocycles. The second-order valence-electron chi connectivity index (χ2n) is 7.08. The van der Waals surface area contributed by atoms with Crippen molar-refractivity contribution in [3.63, 3.8) is 0 Å². The van der Waals surface area contributed by atoms with Gasteiger partial charge < -0.3 is 14.5 Å². The summed E-state index contributed by atoms with van der Waals surface area (Å²) in [6.07, 6.45) is 1.64. The van der Waals surface area contributed by atoms with Crippen LogP contribution in [0, 0.1) is 23.3 Å². The maximum absolute atomic E-state index is 13.7. The average Bonchev–Trinajstić information content (AvgIpc) is 3.41. The molecule has 4 rings (SSSR count). The molecular weight excluding hydrogens is 581 g/mol. The third-order valence-electron chi connectivity index (χ3n) is 4.59. The molecule has 4 aromatic rings. The van der Waals surface area contributed by atoms with Crippen LogP contribution < -0.4 is 10.1 Å². The van der Waals surface area contributed by atoms with Gasteiger partial charge in [-0.2, -0.15) is 13.9 Å². The summed E-state index contributed by atoms with van der Waals surface area (Å²) < 4.78 is 66.2. The van der Waals surface area contributed by atoms with E-state index in [1.54, 1.807) is 29.1 Å². The number of ether oxygens (including phenoxy) is 1. The molecule has 2 aromatic carbocycles. The van der Waals surface area contributed by atoms with Crippen LogP contribution in [0.3, 0.4) is 0 Å². The third kappa shape index (κ3) is 5.63. The molecule has 0 saturated heterocycles. The zero-order valence-electron chi connectivity index (χ0n) is 17.2. The average molecular weight is 593 g/mol. The highest BCUT2D eigenvalue weighted by Gasteiger charge is 2.22. The molecule has 0 aliphatic heterocycles. The number of rotatable bonds is 7. The van der Waals surface area contributed by atoms with Gasteiger partial charge in [0.1, 0.15) is 12.4 Å². The van der Waals surface area contributed by atoms with Gasteiger partial charge in [-0.25, -0.2) is 8.78 Å². The highest BCUT2D eigenvalue weighted by molar-refractivity contribution is 9.10. The van der Waals surface area contributed by atoms with Crippen molar-refractivity contribution in [1.82, 2.24) is 9.78 Å². The van der Waals surface area contributed by atoms with Crippen LogP contribution in [0.25, 0.3) is 0 Å². The van der Waals surface area contributed by atoms with Crippen LogP contribution in [-0.2, 0) is 13.2 Å². The number of furan rings is 1. The van der Waals surface area contributed by atoms with Crippen LogP contribution in [0.5, 0.6) is 5.75 Å². The Morgan fingerprint density at radius 1 is 1.06 bits per heavy atom. The fraction of sp³-hybridized carbons (Fsp3) is 0.0909. The molecule has 2 aromatic heterocycles. The van der Waals surface area contributed by atoms with Crippen molar-refractivity contribution in [2.75, 3.05) is 5.32 Å². The topological polar surface area (TPSA) is 69.3 Å². The van der Waals surface area contributed by atoms with Crippen molar-refractivity contribution in [2.45, 2.75) is 13.2 Å². The lowest BCUT2D eigenvalue weighted by atomic mass is 10.2. The molecular formula is C22H12BrCl2F4N3O3. The summed E-state index contributed by atoms with van der Waals surface area (Å²) in [5, 5.41) is 7.66. The van der Waals surface area contributed by atoms with E-state index in [2.05, 4.69) is 26.3 Å². The molecule has 0 aliphatic carbocycles. The maximum Gasteiger partial charge on any atom is 0.292 e. The first-order valence-corrected chi connectivity index (χ1v) is 11.2. The number of benzene rings is 2. The lowest BCUT2D eigenvalue weighted by molar-refractivity contribution is 0.0991. The van der Waals surface area contributed by atoms with E-state index in [9.17, 15) is 22.4 Å². The number of hydrogen-bond donors (Lipinski definition) is 1. The van der Waals surface area contributed by atoms with Crippen LogP contribution in [0.1, 0.15) is 21.9 Å². The Hall–Kier alpha value is -3.02. The Morgan fingerprint density at radius 3 is 2.46 bits per heavy atom. The van der Waals surface area contributed by atoms with Crippen LogP contribution in [0.2, 0.25) is 10.0 Å². The molecule has 13 heteroatoms. The highest BCUT2D eigenvalue weighted by Crippen LogP contribution is 2.28. The van der Waals surface area contributed by atoms with Crippen molar-refractivity contribution in [1.29, 1.82) is 0 Å². The van der Waals surface area contributed by atoms with Gasteiger partial charge in [-0.15, -0.1) is 0 Å². The summed E-state index contributed by atoms with van der Waals surface area (Å²) in [6.45, 7) is -0.243. The molecule has 0 spiro atoms. The fourth-order valence-corrected chi connectivity index (χ4v) is 3.69. The van der Waals surface area contributed by atoms with E-state index < -0.39 is 41.5 Å². The first-order valence-electron chi connectivity index (χ1n) is 9.65. The predicted octanol–water partition coefficient (Wildman–Crippen LogP) is 6.98. The summed E-state index contributed by atoms with van der Waals surface area (Å²) >= 11 is 15.3. The molecule has 0 aliphatic rings. The Kier molecular flexibility index (Phi) is 7.39. The molecule has 0 unspecified atom stereocenters. The number of carbonyl (C=O) groups excluding carboxylic acids is 1. The minimum atomic E-state index is -1.69. The summed E-state index contributed by atoms with van der Waals surface area (Å²) in [5.74, 6) is -8.49. The molecule has 1 N–H and O–H groups in total. The third-order valence-corrected chi connectivity index (χ3v) is 5.91. The van der Waals surface area contributed by atoms with E-state index in [4.69, 9.17) is 32.4 Å². The second-order valence-corrected chi connectivity index (χ2v) is 8.75. The zero-order valence-corrected chi connectivity index (χ0v) is 20.3. The van der Waals surface area contributed by atoms with Crippen LogP contribution in [0.4, 0.5) is 23.4 Å². The monoisotopic (exact) mass is 591 g/mol. The molecule has 0 radical (unpaired) electrons. The smallest absolute Gasteiger partial charge is 0.292 e. The standard InChI is InChI=1S/C22H12BrCl2F4N3O3/c23-12-8-32(7-10-1-3-13(24)14(25)5-10)31-21(12)30-22(33)17-4-2-11(35-17)9-34-20-18(28)15(26)6-16(27)19(20)29/h1-6,8H,7,9H2,(H,30,31,33). The highest BCUT2D eigenvalue weighted by atomic mass is 79.9. The summed E-state index contributed by atoms with van der Waals surface area (Å²) in [6, 6.07) is 7.79. The predicted molar refractivity (Wildman–Crippen MR) is 123 cm³/mol. The number of halogens is 7. The molecule has 35 heavy (non-hydrogen) atoms. The SMILES string of the molecule is O=C(Nc1nn(Cc2ccc(Cl)c(Cl)c2)cc1Br)c1ccc(COc2c(F)c(F)cc(F)c2F)o1. The van der Waals surface area contributed by atoms with E-state index in [1.165, 1.54) is 12.1 Å². The van der Waals surface area contributed by atoms with Crippen molar-refractivity contribution in [3.8, 4) is 5.75 Å². The summed E-state index contributed by atoms with van der Waals surface area (Å²) in [7, 11) is 0. The van der Waals surface area contributed by atoms with E-state index in [0.717, 1.165) is 5.56 Å². The number of aromatic nitrogens is 2. The minimum absolute atomic E-state index is 0.0252. The largest absolute Gasteiger partial charge is 0.479 e. The van der Waals surface area contributed by atoms with Crippen LogP contribution in [-0.4, -0.2) is 15.7 Å². The minimum Gasteiger partial charge on any atom is -0.479 e. The summed E-state index contributed by atoms with van der Waals surface area (Å²) in [5.41, 5.74) is 0.828. The lowest BCUT2D eigenvalue weighted by Gasteiger charge is -2.08. The van der Waals surface area contributed by atoms with Gasteiger partial charge in [0.25, 0.3) is 5.91 Å². The number of hydrogen-bond acceptors (Lipinski definition) is 4. The normalized spacial score (nSPS) is 11.1. The van der Waals surface area contributed by atoms with Gasteiger partial charge in [-0.05, 0) is 45.8 Å². The lowest BCUT2D eigenvalue weighted by Crippen LogP contribution is -2.12. The molecule has 6 nitrogen and oxygen atoms in total. The van der Waals surface area contributed by atoms with E-state index in [-0.39, 0.29) is 23.4 Å². The van der Waals surface area contributed by atoms with Gasteiger partial charge in [0.15, 0.2) is 29.0 Å². The van der Waals surface area contributed by atoms with Crippen molar-refractivity contribution in [2.24, 2.45) is 0 Å². The molecule has 182 valence electrons. The Balaban J connectivity index is 1.41. The van der Waals surface area contributed by atoms with E-state index in [1.807, 2.05) is 0 Å². The van der Waals surface area contributed by atoms with Gasteiger partial charge in [-0.3, -0.25) is 9.48 Å². The number of nitrogens with one attached hydrogen (secondary N) is 1. The Labute approximate surface area is 213 Å². The van der Waals surface area contributed by atoms with Gasteiger partial charge in [0.2, 0.25) is 11.6 Å². The van der Waals surface area contributed by atoms with Crippen LogP contribution in [0.15, 0.2) is 51.5 Å². The maximum atomic E-state index is 13.7. The number of nitrogens with zero attached hydrogens (tertiary/aromatic N) is 2. The van der Waals surface area contributed by atoms with Crippen molar-refractivity contribution < 1.29 is 31.5 Å². The molecule has 0 atom stereocenters. The van der Waals surface area contributed by atoms with Gasteiger partial charge in [0.05, 0.1) is 21.1 Å². The van der Waals surface area contributed by atoms with Crippen molar-refractivity contribution in [3.05, 3.63) is 97.5 Å². The molecule has 1 amide bonds. The molecule has 0 bridgehead atoms. The van der Waals surface area contributed by atoms with Gasteiger partial charge >= 0.3 is 0 Å².